The molecule has 0 amide bonds. The van der Waals surface area contributed by atoms with Gasteiger partial charge in [0.05, 0.1) is 10.1 Å². The highest BCUT2D eigenvalue weighted by molar-refractivity contribution is 7.92. The molecule has 2 rings (SSSR count). The first kappa shape index (κ1) is 12.3. The fourth-order valence-corrected chi connectivity index (χ4v) is 4.14. The van der Waals surface area contributed by atoms with Crippen molar-refractivity contribution in [2.24, 2.45) is 0 Å². The van der Waals surface area contributed by atoms with Crippen LogP contribution in [0.2, 0.25) is 0 Å². The molecule has 0 radical (unpaired) electrons. The zero-order valence-corrected chi connectivity index (χ0v) is 10.7. The summed E-state index contributed by atoms with van der Waals surface area (Å²) in [6.45, 7) is 1.48. The van der Waals surface area contributed by atoms with E-state index in [1.165, 1.54) is 6.92 Å². The molecule has 0 unspecified atom stereocenters. The molecule has 1 saturated carbocycles. The maximum Gasteiger partial charge on any atom is 0.181 e. The molecule has 0 spiro atoms. The van der Waals surface area contributed by atoms with Crippen LogP contribution in [0, 0.1) is 0 Å². The molecule has 3 nitrogen and oxygen atoms in total. The van der Waals surface area contributed by atoms with E-state index in [9.17, 15) is 13.2 Å². The zero-order valence-electron chi connectivity index (χ0n) is 9.85. The van der Waals surface area contributed by atoms with Gasteiger partial charge in [-0.25, -0.2) is 8.42 Å². The number of rotatable bonds is 4. The predicted octanol–water partition coefficient (Wildman–Crippen LogP) is 2.14. The lowest BCUT2D eigenvalue weighted by Gasteiger charge is -2.26. The van der Waals surface area contributed by atoms with Crippen molar-refractivity contribution in [3.8, 4) is 0 Å². The number of benzene rings is 1. The number of hydrogen-bond acceptors (Lipinski definition) is 3. The lowest BCUT2D eigenvalue weighted by atomic mass is 10.00. The molecular formula is C13H16O3S. The summed E-state index contributed by atoms with van der Waals surface area (Å²) < 4.78 is 24.6. The molecule has 17 heavy (non-hydrogen) atoms. The molecule has 0 atom stereocenters. The van der Waals surface area contributed by atoms with E-state index in [4.69, 9.17) is 0 Å². The first-order valence-electron chi connectivity index (χ1n) is 5.83. The second-order valence-electron chi connectivity index (χ2n) is 4.58. The molecule has 1 aliphatic carbocycles. The van der Waals surface area contributed by atoms with Crippen LogP contribution in [0.3, 0.4) is 0 Å². The van der Waals surface area contributed by atoms with Crippen LogP contribution in [-0.2, 0) is 21.1 Å². The number of carbonyl (C=O) groups is 1. The summed E-state index contributed by atoms with van der Waals surface area (Å²) in [6.07, 6.45) is 2.67. The third kappa shape index (κ3) is 2.41. The van der Waals surface area contributed by atoms with Crippen molar-refractivity contribution in [2.45, 2.75) is 42.8 Å². The smallest absolute Gasteiger partial charge is 0.181 e. The number of ketones is 1. The molecule has 0 N–H and O–H groups in total. The Labute approximate surface area is 102 Å². The number of Topliss-reactive ketones (excluding diaryl/α,β-unsaturated/α-hetero) is 1. The highest BCUT2D eigenvalue weighted by Crippen LogP contribution is 2.32. The Balaban J connectivity index is 2.40. The maximum absolute atomic E-state index is 12.3. The van der Waals surface area contributed by atoms with Gasteiger partial charge in [-0.15, -0.1) is 0 Å². The van der Waals surface area contributed by atoms with Gasteiger partial charge in [0.15, 0.2) is 9.84 Å². The molecule has 0 aromatic heterocycles. The van der Waals surface area contributed by atoms with Crippen molar-refractivity contribution >= 4 is 15.6 Å². The van der Waals surface area contributed by atoms with Crippen molar-refractivity contribution in [1.29, 1.82) is 0 Å². The van der Waals surface area contributed by atoms with Gasteiger partial charge < -0.3 is 0 Å². The fraction of sp³-hybridized carbons (Fsp3) is 0.462. The molecule has 1 aromatic rings. The SMILES string of the molecule is CC(=O)Cc1ccccc1S(=O)(=O)C1CCC1. The highest BCUT2D eigenvalue weighted by atomic mass is 32.2. The van der Waals surface area contributed by atoms with E-state index in [-0.39, 0.29) is 17.5 Å². The van der Waals surface area contributed by atoms with E-state index in [0.717, 1.165) is 19.3 Å². The van der Waals surface area contributed by atoms with Crippen LogP contribution in [0.1, 0.15) is 31.7 Å². The number of hydrogen-bond donors (Lipinski definition) is 0. The Kier molecular flexibility index (Phi) is 3.33. The quantitative estimate of drug-likeness (QED) is 0.825. The lowest BCUT2D eigenvalue weighted by Crippen LogP contribution is -2.29. The summed E-state index contributed by atoms with van der Waals surface area (Å²) in [5, 5.41) is -0.240. The average Bonchev–Trinajstić information content (AvgIpc) is 2.13. The van der Waals surface area contributed by atoms with Crippen molar-refractivity contribution in [3.63, 3.8) is 0 Å². The Morgan fingerprint density at radius 3 is 2.47 bits per heavy atom. The van der Waals surface area contributed by atoms with Crippen LogP contribution >= 0.6 is 0 Å². The average molecular weight is 252 g/mol. The fourth-order valence-electron chi connectivity index (χ4n) is 2.06. The minimum atomic E-state index is -3.23. The minimum absolute atomic E-state index is 0.0127. The van der Waals surface area contributed by atoms with Gasteiger partial charge >= 0.3 is 0 Å². The van der Waals surface area contributed by atoms with Crippen LogP contribution < -0.4 is 0 Å². The van der Waals surface area contributed by atoms with Crippen molar-refractivity contribution in [1.82, 2.24) is 0 Å². The largest absolute Gasteiger partial charge is 0.300 e. The van der Waals surface area contributed by atoms with Crippen molar-refractivity contribution < 1.29 is 13.2 Å². The maximum atomic E-state index is 12.3. The summed E-state index contributed by atoms with van der Waals surface area (Å²) in [4.78, 5) is 11.5. The third-order valence-corrected chi connectivity index (χ3v) is 5.57. The van der Waals surface area contributed by atoms with Crippen LogP contribution in [0.25, 0.3) is 0 Å². The van der Waals surface area contributed by atoms with Crippen molar-refractivity contribution in [2.75, 3.05) is 0 Å². The van der Waals surface area contributed by atoms with Crippen LogP contribution in [0.15, 0.2) is 29.2 Å². The first-order chi connectivity index (χ1) is 8.01. The number of carbonyl (C=O) groups excluding carboxylic acids is 1. The second kappa shape index (κ2) is 4.61. The van der Waals surface area contributed by atoms with Gasteiger partial charge in [-0.05, 0) is 31.4 Å². The highest BCUT2D eigenvalue weighted by Gasteiger charge is 2.33. The standard InChI is InChI=1S/C13H16O3S/c1-10(14)9-11-5-2-3-8-13(11)17(15,16)12-6-4-7-12/h2-3,5,8,12H,4,6-7,9H2,1H3. The molecule has 0 saturated heterocycles. The van der Waals surface area contributed by atoms with E-state index in [2.05, 4.69) is 0 Å². The summed E-state index contributed by atoms with van der Waals surface area (Å²) >= 11 is 0. The Bertz CT molecular complexity index is 527. The molecule has 4 heteroatoms. The zero-order chi connectivity index (χ0) is 12.5. The normalized spacial score (nSPS) is 16.5. The molecule has 0 heterocycles. The van der Waals surface area contributed by atoms with Gasteiger partial charge in [0, 0.05) is 6.42 Å². The first-order valence-corrected chi connectivity index (χ1v) is 7.37. The van der Waals surface area contributed by atoms with Crippen LogP contribution in [0.4, 0.5) is 0 Å². The minimum Gasteiger partial charge on any atom is -0.300 e. The molecule has 0 bridgehead atoms. The van der Waals surface area contributed by atoms with Gasteiger partial charge in [0.1, 0.15) is 5.78 Å². The molecule has 1 aromatic carbocycles. The molecule has 0 aliphatic heterocycles. The van der Waals surface area contributed by atoms with Gasteiger partial charge in [-0.3, -0.25) is 4.79 Å². The summed E-state index contributed by atoms with van der Waals surface area (Å²) in [5.41, 5.74) is 0.631. The molecule has 1 fully saturated rings. The Morgan fingerprint density at radius 2 is 1.94 bits per heavy atom. The van der Waals surface area contributed by atoms with E-state index in [1.807, 2.05) is 0 Å². The molecule has 1 aliphatic rings. The van der Waals surface area contributed by atoms with Crippen LogP contribution in [-0.4, -0.2) is 19.5 Å². The van der Waals surface area contributed by atoms with Crippen molar-refractivity contribution in [3.05, 3.63) is 29.8 Å². The summed E-state index contributed by atoms with van der Waals surface area (Å²) in [5.74, 6) is -0.0127. The van der Waals surface area contributed by atoms with Gasteiger partial charge in [-0.2, -0.15) is 0 Å². The Hall–Kier alpha value is -1.16. The van der Waals surface area contributed by atoms with Gasteiger partial charge in [0.2, 0.25) is 0 Å². The van der Waals surface area contributed by atoms with Gasteiger partial charge in [-0.1, -0.05) is 24.6 Å². The topological polar surface area (TPSA) is 51.2 Å². The van der Waals surface area contributed by atoms with E-state index < -0.39 is 9.84 Å². The molecular weight excluding hydrogens is 236 g/mol. The third-order valence-electron chi connectivity index (χ3n) is 3.21. The van der Waals surface area contributed by atoms with Crippen LogP contribution in [0.5, 0.6) is 0 Å². The summed E-state index contributed by atoms with van der Waals surface area (Å²) in [6, 6.07) is 6.84. The van der Waals surface area contributed by atoms with E-state index in [0.29, 0.717) is 10.5 Å². The predicted molar refractivity (Wildman–Crippen MR) is 65.7 cm³/mol. The number of sulfone groups is 1. The second-order valence-corrected chi connectivity index (χ2v) is 6.78. The Morgan fingerprint density at radius 1 is 1.29 bits per heavy atom. The summed E-state index contributed by atoms with van der Waals surface area (Å²) in [7, 11) is -3.23. The van der Waals surface area contributed by atoms with E-state index in [1.54, 1.807) is 24.3 Å². The van der Waals surface area contributed by atoms with Gasteiger partial charge in [0.25, 0.3) is 0 Å². The monoisotopic (exact) mass is 252 g/mol. The van der Waals surface area contributed by atoms with E-state index >= 15 is 0 Å². The molecule has 92 valence electrons. The lowest BCUT2D eigenvalue weighted by molar-refractivity contribution is -0.116.